The molecule has 24 heavy (non-hydrogen) atoms. The summed E-state index contributed by atoms with van der Waals surface area (Å²) >= 11 is 0. The molecule has 6 nitrogen and oxygen atoms in total. The Morgan fingerprint density at radius 1 is 1.42 bits per heavy atom. The number of rotatable bonds is 6. The van der Waals surface area contributed by atoms with Gasteiger partial charge in [0, 0.05) is 12.5 Å². The van der Waals surface area contributed by atoms with E-state index in [0.29, 0.717) is 12.2 Å². The van der Waals surface area contributed by atoms with Crippen molar-refractivity contribution in [2.75, 3.05) is 12.9 Å². The third-order valence-electron chi connectivity index (χ3n) is 3.85. The van der Waals surface area contributed by atoms with Crippen molar-refractivity contribution in [2.45, 2.75) is 24.3 Å². The van der Waals surface area contributed by atoms with E-state index in [1.807, 2.05) is 19.1 Å². The molecule has 2 rings (SSSR count). The van der Waals surface area contributed by atoms with E-state index in [2.05, 4.69) is 17.4 Å². The summed E-state index contributed by atoms with van der Waals surface area (Å²) in [5, 5.41) is 0. The molecule has 0 aromatic heterocycles. The third kappa shape index (κ3) is 4.24. The summed E-state index contributed by atoms with van der Waals surface area (Å²) in [5.74, 6) is 0.279. The molecule has 130 valence electrons. The van der Waals surface area contributed by atoms with E-state index >= 15 is 0 Å². The molecule has 0 radical (unpaired) electrons. The van der Waals surface area contributed by atoms with Gasteiger partial charge in [0.25, 0.3) is 0 Å². The summed E-state index contributed by atoms with van der Waals surface area (Å²) in [5.41, 5.74) is 6.28. The zero-order valence-corrected chi connectivity index (χ0v) is 14.6. The molecule has 0 aliphatic carbocycles. The molecule has 0 spiro atoms. The Bertz CT molecular complexity index is 756. The largest absolute Gasteiger partial charge is 0.495 e. The van der Waals surface area contributed by atoms with Crippen molar-refractivity contribution >= 4 is 21.8 Å². The summed E-state index contributed by atoms with van der Waals surface area (Å²) in [4.78, 5) is 11.4. The van der Waals surface area contributed by atoms with Crippen LogP contribution in [0.5, 0.6) is 5.75 Å². The summed E-state index contributed by atoms with van der Waals surface area (Å²) in [6.45, 7) is 5.47. The lowest BCUT2D eigenvalue weighted by Gasteiger charge is -2.27. The van der Waals surface area contributed by atoms with Crippen LogP contribution in [0.2, 0.25) is 0 Å². The summed E-state index contributed by atoms with van der Waals surface area (Å²) < 4.78 is 29.8. The van der Waals surface area contributed by atoms with Gasteiger partial charge in [-0.1, -0.05) is 31.2 Å². The number of hydrazine groups is 1. The quantitative estimate of drug-likeness (QED) is 0.763. The van der Waals surface area contributed by atoms with Crippen LogP contribution in [-0.4, -0.2) is 33.2 Å². The van der Waals surface area contributed by atoms with Gasteiger partial charge in [-0.05, 0) is 23.6 Å². The summed E-state index contributed by atoms with van der Waals surface area (Å²) in [7, 11) is -2.05. The van der Waals surface area contributed by atoms with Crippen LogP contribution in [0, 0.1) is 5.92 Å². The van der Waals surface area contributed by atoms with E-state index in [1.165, 1.54) is 13.2 Å². The normalized spacial score (nSPS) is 21.5. The molecule has 2 unspecified atom stereocenters. The number of benzene rings is 1. The van der Waals surface area contributed by atoms with Crippen LogP contribution in [-0.2, 0) is 14.6 Å². The van der Waals surface area contributed by atoms with Gasteiger partial charge in [-0.3, -0.25) is 10.2 Å². The lowest BCUT2D eigenvalue weighted by Crippen LogP contribution is -2.52. The van der Waals surface area contributed by atoms with Crippen LogP contribution in [0.4, 0.5) is 0 Å². The summed E-state index contributed by atoms with van der Waals surface area (Å²) in [6.07, 6.45) is 5.55. The average molecular weight is 350 g/mol. The monoisotopic (exact) mass is 350 g/mol. The molecule has 0 saturated carbocycles. The van der Waals surface area contributed by atoms with Gasteiger partial charge < -0.3 is 4.74 Å². The van der Waals surface area contributed by atoms with Crippen LogP contribution in [0.3, 0.4) is 0 Å². The smallest absolute Gasteiger partial charge is 0.234 e. The average Bonchev–Trinajstić information content (AvgIpc) is 2.54. The molecule has 1 aromatic rings. The van der Waals surface area contributed by atoms with E-state index in [4.69, 9.17) is 4.74 Å². The maximum atomic E-state index is 12.3. The molecule has 0 bridgehead atoms. The van der Waals surface area contributed by atoms with Crippen molar-refractivity contribution in [3.8, 4) is 5.75 Å². The predicted octanol–water partition coefficient (Wildman–Crippen LogP) is 1.70. The van der Waals surface area contributed by atoms with E-state index < -0.39 is 9.84 Å². The van der Waals surface area contributed by atoms with Gasteiger partial charge in [0.1, 0.15) is 10.6 Å². The van der Waals surface area contributed by atoms with Crippen molar-refractivity contribution in [2.24, 2.45) is 5.92 Å². The van der Waals surface area contributed by atoms with Gasteiger partial charge in [0.05, 0.1) is 12.9 Å². The first kappa shape index (κ1) is 18.2. The number of ether oxygens (including phenoxy) is 1. The van der Waals surface area contributed by atoms with Gasteiger partial charge >= 0.3 is 0 Å². The molecule has 1 amide bonds. The molecule has 1 aromatic carbocycles. The van der Waals surface area contributed by atoms with Crippen molar-refractivity contribution in [1.82, 2.24) is 10.9 Å². The number of amides is 1. The third-order valence-corrected chi connectivity index (χ3v) is 5.52. The highest BCUT2D eigenvalue weighted by Crippen LogP contribution is 2.27. The zero-order valence-electron chi connectivity index (χ0n) is 13.8. The lowest BCUT2D eigenvalue weighted by molar-refractivity contribution is -0.125. The maximum Gasteiger partial charge on any atom is 0.234 e. The van der Waals surface area contributed by atoms with Crippen LogP contribution in [0.15, 0.2) is 41.8 Å². The van der Waals surface area contributed by atoms with Crippen molar-refractivity contribution in [1.29, 1.82) is 0 Å². The molecule has 2 atom stereocenters. The zero-order chi connectivity index (χ0) is 17.7. The number of hydrogen-bond donors (Lipinski definition) is 2. The fraction of sp³-hybridized carbons (Fsp3) is 0.353. The highest BCUT2D eigenvalue weighted by molar-refractivity contribution is 7.91. The van der Waals surface area contributed by atoms with E-state index in [0.717, 1.165) is 5.56 Å². The highest BCUT2D eigenvalue weighted by atomic mass is 32.2. The second-order valence-corrected chi connectivity index (χ2v) is 7.74. The second-order valence-electron chi connectivity index (χ2n) is 5.74. The Hall–Kier alpha value is -2.12. The summed E-state index contributed by atoms with van der Waals surface area (Å²) in [6, 6.07) is 4.99. The van der Waals surface area contributed by atoms with Crippen LogP contribution in [0.25, 0.3) is 6.08 Å². The minimum atomic E-state index is -3.49. The molecular weight excluding hydrogens is 328 g/mol. The topological polar surface area (TPSA) is 84.5 Å². The van der Waals surface area contributed by atoms with E-state index in [1.54, 1.807) is 18.2 Å². The molecule has 1 heterocycles. The molecule has 1 saturated heterocycles. The van der Waals surface area contributed by atoms with Gasteiger partial charge in [0.15, 0.2) is 9.84 Å². The Kier molecular flexibility index (Phi) is 5.80. The van der Waals surface area contributed by atoms with Crippen LogP contribution >= 0.6 is 0 Å². The molecule has 1 aliphatic rings. The molecule has 7 heteroatoms. The maximum absolute atomic E-state index is 12.3. The first-order valence-corrected chi connectivity index (χ1v) is 9.27. The standard InChI is InChI=1S/C17H22N2O4S/c1-4-9-24(21,22)16-11-13(6-8-15(16)23-3)5-7-14-12(2)10-17(20)19-18-14/h4-8,11-12,14,18H,1,9-10H2,2-3H3,(H,19,20)/b7-5+. The Balaban J connectivity index is 2.27. The van der Waals surface area contributed by atoms with Gasteiger partial charge in [0.2, 0.25) is 5.91 Å². The number of sulfone groups is 1. The van der Waals surface area contributed by atoms with Gasteiger partial charge in [-0.15, -0.1) is 6.58 Å². The number of nitrogens with one attached hydrogen (secondary N) is 2. The lowest BCUT2D eigenvalue weighted by atomic mass is 9.96. The Morgan fingerprint density at radius 3 is 2.79 bits per heavy atom. The number of methoxy groups -OCH3 is 1. The molecule has 2 N–H and O–H groups in total. The highest BCUT2D eigenvalue weighted by Gasteiger charge is 2.23. The fourth-order valence-electron chi connectivity index (χ4n) is 2.51. The van der Waals surface area contributed by atoms with Crippen molar-refractivity contribution < 1.29 is 17.9 Å². The Labute approximate surface area is 142 Å². The van der Waals surface area contributed by atoms with E-state index in [9.17, 15) is 13.2 Å². The first-order valence-electron chi connectivity index (χ1n) is 7.61. The minimum Gasteiger partial charge on any atom is -0.495 e. The van der Waals surface area contributed by atoms with Crippen LogP contribution in [0.1, 0.15) is 18.9 Å². The molecule has 1 aliphatic heterocycles. The fourth-order valence-corrected chi connectivity index (χ4v) is 3.78. The SMILES string of the molecule is C=CCS(=O)(=O)c1cc(/C=C/C2NNC(=O)CC2C)ccc1OC. The van der Waals surface area contributed by atoms with E-state index in [-0.39, 0.29) is 28.5 Å². The number of carbonyl (C=O) groups is 1. The minimum absolute atomic E-state index is 0.0157. The Morgan fingerprint density at radius 2 is 2.17 bits per heavy atom. The van der Waals surface area contributed by atoms with Crippen LogP contribution < -0.4 is 15.6 Å². The van der Waals surface area contributed by atoms with Crippen molar-refractivity contribution in [3.05, 3.63) is 42.5 Å². The first-order chi connectivity index (χ1) is 11.4. The van der Waals surface area contributed by atoms with Gasteiger partial charge in [-0.2, -0.15) is 0 Å². The predicted molar refractivity (Wildman–Crippen MR) is 93.1 cm³/mol. The number of carbonyl (C=O) groups excluding carboxylic acids is 1. The van der Waals surface area contributed by atoms with Crippen molar-refractivity contribution in [3.63, 3.8) is 0 Å². The second kappa shape index (κ2) is 7.63. The number of hydrogen-bond acceptors (Lipinski definition) is 5. The molecule has 1 fully saturated rings. The van der Waals surface area contributed by atoms with Gasteiger partial charge in [-0.25, -0.2) is 13.8 Å². The molecular formula is C17H22N2O4S.